The highest BCUT2D eigenvalue weighted by Gasteiger charge is 2.21. The molecule has 1 aromatic heterocycles. The number of thiazole rings is 1. The maximum Gasteiger partial charge on any atom is 0.266 e. The van der Waals surface area contributed by atoms with Crippen molar-refractivity contribution in [3.05, 3.63) is 53.6 Å². The van der Waals surface area contributed by atoms with Crippen LogP contribution in [-0.2, 0) is 4.79 Å². The molecule has 3 rings (SSSR count). The number of anilines is 1. The normalized spacial score (nSPS) is 11.2. The van der Waals surface area contributed by atoms with Crippen molar-refractivity contribution in [3.8, 4) is 5.75 Å². The number of ether oxygens (including phenoxy) is 1. The van der Waals surface area contributed by atoms with Gasteiger partial charge in [-0.25, -0.2) is 4.98 Å². The number of carbonyl (C=O) groups excluding carboxylic acids is 1. The van der Waals surface area contributed by atoms with Gasteiger partial charge in [-0.3, -0.25) is 9.69 Å². The van der Waals surface area contributed by atoms with Crippen LogP contribution in [0.4, 0.5) is 5.13 Å². The first-order valence-electron chi connectivity index (χ1n) is 9.45. The van der Waals surface area contributed by atoms with Crippen LogP contribution in [0.1, 0.15) is 17.5 Å². The van der Waals surface area contributed by atoms with Crippen LogP contribution in [0.5, 0.6) is 5.75 Å². The van der Waals surface area contributed by atoms with Gasteiger partial charge < -0.3 is 9.64 Å². The fourth-order valence-electron chi connectivity index (χ4n) is 3.09. The molecule has 0 bridgehead atoms. The van der Waals surface area contributed by atoms with Gasteiger partial charge in [-0.2, -0.15) is 0 Å². The van der Waals surface area contributed by atoms with Crippen LogP contribution in [-0.4, -0.2) is 49.6 Å². The van der Waals surface area contributed by atoms with E-state index in [1.54, 1.807) is 16.2 Å². The number of hydrogen-bond donors (Lipinski definition) is 0. The fraction of sp³-hybridized carbons (Fsp3) is 0.364. The standard InChI is InChI=1S/C22H27N3O2S/c1-16-13-17(2)21-19(14-16)28-22(23-21)25(12-8-11-24(3)4)20(26)15-27-18-9-6-5-7-10-18/h5-7,9-10,13-14H,8,11-12,15H2,1-4H3. The lowest BCUT2D eigenvalue weighted by molar-refractivity contribution is -0.120. The van der Waals surface area contributed by atoms with Crippen molar-refractivity contribution in [3.63, 3.8) is 0 Å². The van der Waals surface area contributed by atoms with Crippen molar-refractivity contribution < 1.29 is 9.53 Å². The number of rotatable bonds is 8. The first-order chi connectivity index (χ1) is 13.4. The molecule has 3 aromatic rings. The monoisotopic (exact) mass is 397 g/mol. The third-order valence-corrected chi connectivity index (χ3v) is 5.47. The molecule has 0 aliphatic carbocycles. The number of benzene rings is 2. The predicted molar refractivity (Wildman–Crippen MR) is 117 cm³/mol. The van der Waals surface area contributed by atoms with Gasteiger partial charge in [-0.05, 0) is 70.2 Å². The lowest BCUT2D eigenvalue weighted by Crippen LogP contribution is -2.36. The molecular formula is C22H27N3O2S. The van der Waals surface area contributed by atoms with E-state index in [1.807, 2.05) is 44.4 Å². The molecule has 0 atom stereocenters. The van der Waals surface area contributed by atoms with Gasteiger partial charge in [-0.1, -0.05) is 35.6 Å². The summed E-state index contributed by atoms with van der Waals surface area (Å²) in [6, 6.07) is 13.7. The molecule has 0 saturated heterocycles. The SMILES string of the molecule is Cc1cc(C)c2nc(N(CCCN(C)C)C(=O)COc3ccccc3)sc2c1. The summed E-state index contributed by atoms with van der Waals surface area (Å²) in [6.45, 7) is 5.67. The first kappa shape index (κ1) is 20.3. The second-order valence-corrected chi connectivity index (χ2v) is 8.24. The third-order valence-electron chi connectivity index (χ3n) is 4.44. The molecule has 0 unspecified atom stereocenters. The van der Waals surface area contributed by atoms with E-state index in [0.717, 1.165) is 33.9 Å². The van der Waals surface area contributed by atoms with E-state index >= 15 is 0 Å². The Balaban J connectivity index is 1.81. The van der Waals surface area contributed by atoms with Crippen LogP contribution >= 0.6 is 11.3 Å². The Morgan fingerprint density at radius 1 is 1.11 bits per heavy atom. The van der Waals surface area contributed by atoms with E-state index in [4.69, 9.17) is 9.72 Å². The highest BCUT2D eigenvalue weighted by atomic mass is 32.1. The van der Waals surface area contributed by atoms with Crippen molar-refractivity contribution in [2.45, 2.75) is 20.3 Å². The van der Waals surface area contributed by atoms with Crippen molar-refractivity contribution >= 4 is 32.6 Å². The third kappa shape index (κ3) is 5.09. The van der Waals surface area contributed by atoms with Gasteiger partial charge in [0, 0.05) is 6.54 Å². The zero-order chi connectivity index (χ0) is 20.1. The molecule has 0 N–H and O–H groups in total. The number of nitrogens with zero attached hydrogens (tertiary/aromatic N) is 3. The summed E-state index contributed by atoms with van der Waals surface area (Å²) in [5.74, 6) is 0.621. The Hall–Kier alpha value is -2.44. The van der Waals surface area contributed by atoms with Gasteiger partial charge in [0.2, 0.25) is 0 Å². The maximum atomic E-state index is 13.0. The van der Waals surface area contributed by atoms with Crippen molar-refractivity contribution in [1.29, 1.82) is 0 Å². The van der Waals surface area contributed by atoms with Crippen LogP contribution in [0.25, 0.3) is 10.2 Å². The molecule has 0 radical (unpaired) electrons. The van der Waals surface area contributed by atoms with Crippen LogP contribution in [0.15, 0.2) is 42.5 Å². The lowest BCUT2D eigenvalue weighted by atomic mass is 10.1. The Morgan fingerprint density at radius 3 is 2.57 bits per heavy atom. The molecule has 0 saturated carbocycles. The Bertz CT molecular complexity index is 938. The molecule has 5 nitrogen and oxygen atoms in total. The second kappa shape index (κ2) is 9.17. The summed E-state index contributed by atoms with van der Waals surface area (Å²) in [6.07, 6.45) is 0.873. The number of amides is 1. The second-order valence-electron chi connectivity index (χ2n) is 7.23. The largest absolute Gasteiger partial charge is 0.484 e. The highest BCUT2D eigenvalue weighted by molar-refractivity contribution is 7.22. The number of fused-ring (bicyclic) bond motifs is 1. The Morgan fingerprint density at radius 2 is 1.86 bits per heavy atom. The minimum atomic E-state index is -0.0731. The summed E-state index contributed by atoms with van der Waals surface area (Å²) in [7, 11) is 4.07. The molecule has 0 fully saturated rings. The fourth-order valence-corrected chi connectivity index (χ4v) is 4.27. The van der Waals surface area contributed by atoms with Gasteiger partial charge in [0.05, 0.1) is 10.2 Å². The zero-order valence-electron chi connectivity index (χ0n) is 16.9. The van der Waals surface area contributed by atoms with Crippen molar-refractivity contribution in [1.82, 2.24) is 9.88 Å². The van der Waals surface area contributed by atoms with Crippen LogP contribution in [0.2, 0.25) is 0 Å². The van der Waals surface area contributed by atoms with E-state index < -0.39 is 0 Å². The molecule has 0 aliphatic heterocycles. The molecule has 6 heteroatoms. The molecule has 2 aromatic carbocycles. The van der Waals surface area contributed by atoms with Gasteiger partial charge in [0.1, 0.15) is 5.75 Å². The van der Waals surface area contributed by atoms with Gasteiger partial charge in [-0.15, -0.1) is 0 Å². The molecule has 28 heavy (non-hydrogen) atoms. The maximum absolute atomic E-state index is 13.0. The molecule has 148 valence electrons. The lowest BCUT2D eigenvalue weighted by Gasteiger charge is -2.21. The molecule has 0 spiro atoms. The van der Waals surface area contributed by atoms with E-state index in [1.165, 1.54) is 5.56 Å². The number of para-hydroxylation sites is 1. The minimum absolute atomic E-state index is 0.0000865. The summed E-state index contributed by atoms with van der Waals surface area (Å²) < 4.78 is 6.80. The first-order valence-corrected chi connectivity index (χ1v) is 10.3. The van der Waals surface area contributed by atoms with E-state index in [-0.39, 0.29) is 12.5 Å². The summed E-state index contributed by atoms with van der Waals surface area (Å²) >= 11 is 1.57. The summed E-state index contributed by atoms with van der Waals surface area (Å²) in [5.41, 5.74) is 3.32. The average molecular weight is 398 g/mol. The molecular weight excluding hydrogens is 370 g/mol. The van der Waals surface area contributed by atoms with Crippen LogP contribution in [0.3, 0.4) is 0 Å². The summed E-state index contributed by atoms with van der Waals surface area (Å²) in [4.78, 5) is 21.6. The van der Waals surface area contributed by atoms with Crippen LogP contribution < -0.4 is 9.64 Å². The predicted octanol–water partition coefficient (Wildman–Crippen LogP) is 4.28. The van der Waals surface area contributed by atoms with E-state index in [9.17, 15) is 4.79 Å². The number of hydrogen-bond acceptors (Lipinski definition) is 5. The topological polar surface area (TPSA) is 45.7 Å². The molecule has 1 heterocycles. The van der Waals surface area contributed by atoms with Gasteiger partial charge in [0.15, 0.2) is 11.7 Å². The van der Waals surface area contributed by atoms with E-state index in [0.29, 0.717) is 12.3 Å². The Labute approximate surface area is 170 Å². The number of aromatic nitrogens is 1. The minimum Gasteiger partial charge on any atom is -0.484 e. The number of carbonyl (C=O) groups is 1. The highest BCUT2D eigenvalue weighted by Crippen LogP contribution is 2.32. The molecule has 0 aliphatic rings. The van der Waals surface area contributed by atoms with Crippen LogP contribution in [0, 0.1) is 13.8 Å². The van der Waals surface area contributed by atoms with E-state index in [2.05, 4.69) is 30.9 Å². The quantitative estimate of drug-likeness (QED) is 0.569. The smallest absolute Gasteiger partial charge is 0.266 e. The van der Waals surface area contributed by atoms with Gasteiger partial charge in [0.25, 0.3) is 5.91 Å². The van der Waals surface area contributed by atoms with Crippen molar-refractivity contribution in [2.24, 2.45) is 0 Å². The number of aryl methyl sites for hydroxylation is 2. The average Bonchev–Trinajstić information content (AvgIpc) is 3.08. The Kier molecular flexibility index (Phi) is 6.65. The van der Waals surface area contributed by atoms with Gasteiger partial charge >= 0.3 is 0 Å². The summed E-state index contributed by atoms with van der Waals surface area (Å²) in [5, 5.41) is 0.740. The zero-order valence-corrected chi connectivity index (χ0v) is 17.8. The molecule has 1 amide bonds. The van der Waals surface area contributed by atoms with Crippen molar-refractivity contribution in [2.75, 3.05) is 38.7 Å².